The molecule has 1 saturated carbocycles. The molecule has 46 valence electrons. The Morgan fingerprint density at radius 1 is 1.12 bits per heavy atom. The zero-order valence-electron chi connectivity index (χ0n) is 5.43. The largest absolute Gasteiger partial charge is 0.297 e. The van der Waals surface area contributed by atoms with Crippen LogP contribution in [0.1, 0.15) is 25.7 Å². The Balaban J connectivity index is 1.97. The number of likely N-dealkylation sites (tertiary alicyclic amines) is 1. The summed E-state index contributed by atoms with van der Waals surface area (Å²) in [6.45, 7) is 0. The van der Waals surface area contributed by atoms with Gasteiger partial charge >= 0.3 is 0 Å². The zero-order chi connectivity index (χ0) is 5.56. The second kappa shape index (κ2) is 1.47. The van der Waals surface area contributed by atoms with Crippen molar-refractivity contribution in [2.75, 3.05) is 7.05 Å². The maximum atomic E-state index is 2.51. The van der Waals surface area contributed by atoms with Crippen LogP contribution < -0.4 is 0 Å². The van der Waals surface area contributed by atoms with Crippen LogP contribution in [0.2, 0.25) is 0 Å². The van der Waals surface area contributed by atoms with Crippen LogP contribution in [-0.4, -0.2) is 24.0 Å². The van der Waals surface area contributed by atoms with E-state index in [9.17, 15) is 0 Å². The third-order valence-corrected chi connectivity index (χ3v) is 2.65. The van der Waals surface area contributed by atoms with Crippen molar-refractivity contribution in [2.45, 2.75) is 37.8 Å². The quantitative estimate of drug-likeness (QED) is 0.425. The second-order valence-corrected chi connectivity index (χ2v) is 3.08. The van der Waals surface area contributed by atoms with Crippen molar-refractivity contribution in [3.8, 4) is 0 Å². The smallest absolute Gasteiger partial charge is 0.0252 e. The molecule has 0 amide bonds. The minimum atomic E-state index is 1.00. The van der Waals surface area contributed by atoms with Gasteiger partial charge in [-0.3, -0.25) is 4.90 Å². The molecule has 0 N–H and O–H groups in total. The highest BCUT2D eigenvalue weighted by Gasteiger charge is 2.44. The Morgan fingerprint density at radius 3 is 2.00 bits per heavy atom. The van der Waals surface area contributed by atoms with Gasteiger partial charge in [0.2, 0.25) is 0 Å². The molecule has 0 radical (unpaired) electrons. The molecule has 1 heteroatoms. The van der Waals surface area contributed by atoms with Crippen LogP contribution >= 0.6 is 0 Å². The molecule has 1 nitrogen and oxygen atoms in total. The van der Waals surface area contributed by atoms with Crippen LogP contribution in [0.3, 0.4) is 0 Å². The van der Waals surface area contributed by atoms with E-state index in [0.717, 1.165) is 12.1 Å². The number of nitrogens with zero attached hydrogens (tertiary/aromatic N) is 1. The Bertz CT molecular complexity index is 88.6. The summed E-state index contributed by atoms with van der Waals surface area (Å²) in [5.41, 5.74) is 0. The molecule has 1 heterocycles. The average molecular weight is 111 g/mol. The summed E-state index contributed by atoms with van der Waals surface area (Å²) < 4.78 is 0. The monoisotopic (exact) mass is 111 g/mol. The first-order valence-electron chi connectivity index (χ1n) is 3.61. The van der Waals surface area contributed by atoms with Crippen LogP contribution in [0.15, 0.2) is 0 Å². The lowest BCUT2D eigenvalue weighted by Gasteiger charge is -2.02. The standard InChI is InChI=1S/C7H13N/c1-8-6-4-2-3-5-7(6)8/h6-7H,2-5H2,1H3/t6-,7-/m1/s1. The van der Waals surface area contributed by atoms with Crippen molar-refractivity contribution < 1.29 is 0 Å². The molecular weight excluding hydrogens is 98.1 g/mol. The first kappa shape index (κ1) is 4.80. The Kier molecular flexibility index (Phi) is 0.884. The predicted molar refractivity (Wildman–Crippen MR) is 33.8 cm³/mol. The fourth-order valence-electron chi connectivity index (χ4n) is 1.97. The van der Waals surface area contributed by atoms with Crippen LogP contribution in [-0.2, 0) is 0 Å². The van der Waals surface area contributed by atoms with Crippen molar-refractivity contribution >= 4 is 0 Å². The number of likely N-dealkylation sites (N-methyl/N-ethyl adjacent to an activating group) is 1. The van der Waals surface area contributed by atoms with Gasteiger partial charge in [-0.15, -0.1) is 0 Å². The number of rotatable bonds is 0. The van der Waals surface area contributed by atoms with Crippen molar-refractivity contribution in [3.63, 3.8) is 0 Å². The Morgan fingerprint density at radius 2 is 1.62 bits per heavy atom. The van der Waals surface area contributed by atoms with E-state index in [0.29, 0.717) is 0 Å². The molecular formula is C7H13N. The van der Waals surface area contributed by atoms with E-state index in [1.165, 1.54) is 25.7 Å². The van der Waals surface area contributed by atoms with E-state index < -0.39 is 0 Å². The lowest BCUT2D eigenvalue weighted by Crippen LogP contribution is -2.00. The van der Waals surface area contributed by atoms with Crippen LogP contribution in [0.5, 0.6) is 0 Å². The summed E-state index contributed by atoms with van der Waals surface area (Å²) in [6.07, 6.45) is 5.90. The SMILES string of the molecule is CN1[C@@H]2CCCC[C@H]21. The van der Waals surface area contributed by atoms with Crippen molar-refractivity contribution in [1.29, 1.82) is 0 Å². The zero-order valence-corrected chi connectivity index (χ0v) is 5.43. The fourth-order valence-corrected chi connectivity index (χ4v) is 1.97. The minimum absolute atomic E-state index is 1.00. The van der Waals surface area contributed by atoms with Crippen LogP contribution in [0, 0.1) is 0 Å². The van der Waals surface area contributed by atoms with E-state index >= 15 is 0 Å². The maximum Gasteiger partial charge on any atom is 0.0252 e. The third kappa shape index (κ3) is 0.510. The van der Waals surface area contributed by atoms with Gasteiger partial charge in [-0.25, -0.2) is 0 Å². The second-order valence-electron chi connectivity index (χ2n) is 3.08. The number of hydrogen-bond donors (Lipinski definition) is 0. The predicted octanol–water partition coefficient (Wildman–Crippen LogP) is 1.24. The summed E-state index contributed by atoms with van der Waals surface area (Å²) in [6, 6.07) is 2.01. The van der Waals surface area contributed by atoms with Gasteiger partial charge in [-0.05, 0) is 19.9 Å². The molecule has 2 aliphatic rings. The molecule has 8 heavy (non-hydrogen) atoms. The lowest BCUT2D eigenvalue weighted by molar-refractivity contribution is 0.571. The Labute approximate surface area is 50.7 Å². The van der Waals surface area contributed by atoms with E-state index in [4.69, 9.17) is 0 Å². The summed E-state index contributed by atoms with van der Waals surface area (Å²) in [4.78, 5) is 2.51. The first-order valence-corrected chi connectivity index (χ1v) is 3.61. The maximum absolute atomic E-state index is 2.51. The van der Waals surface area contributed by atoms with Gasteiger partial charge in [0.15, 0.2) is 0 Å². The number of hydrogen-bond acceptors (Lipinski definition) is 1. The third-order valence-electron chi connectivity index (χ3n) is 2.65. The highest BCUT2D eigenvalue weighted by atomic mass is 15.3. The summed E-state index contributed by atoms with van der Waals surface area (Å²) in [5.74, 6) is 0. The topological polar surface area (TPSA) is 3.01 Å². The van der Waals surface area contributed by atoms with Gasteiger partial charge < -0.3 is 0 Å². The fraction of sp³-hybridized carbons (Fsp3) is 1.00. The molecule has 2 atom stereocenters. The van der Waals surface area contributed by atoms with Crippen molar-refractivity contribution in [2.24, 2.45) is 0 Å². The van der Waals surface area contributed by atoms with E-state index in [1.54, 1.807) is 0 Å². The van der Waals surface area contributed by atoms with Crippen molar-refractivity contribution in [1.82, 2.24) is 4.90 Å². The molecule has 2 fully saturated rings. The van der Waals surface area contributed by atoms with Crippen LogP contribution in [0.4, 0.5) is 0 Å². The molecule has 0 bridgehead atoms. The van der Waals surface area contributed by atoms with Gasteiger partial charge in [-0.2, -0.15) is 0 Å². The van der Waals surface area contributed by atoms with E-state index in [2.05, 4.69) is 11.9 Å². The van der Waals surface area contributed by atoms with Gasteiger partial charge in [0.25, 0.3) is 0 Å². The molecule has 0 aromatic carbocycles. The molecule has 0 aromatic rings. The van der Waals surface area contributed by atoms with E-state index in [-0.39, 0.29) is 0 Å². The van der Waals surface area contributed by atoms with Gasteiger partial charge in [0.05, 0.1) is 0 Å². The van der Waals surface area contributed by atoms with E-state index in [1.807, 2.05) is 0 Å². The average Bonchev–Trinajstić information content (AvgIpc) is 2.46. The molecule has 0 unspecified atom stereocenters. The summed E-state index contributed by atoms with van der Waals surface area (Å²) >= 11 is 0. The number of fused-ring (bicyclic) bond motifs is 1. The summed E-state index contributed by atoms with van der Waals surface area (Å²) in [5, 5.41) is 0. The molecule has 2 rings (SSSR count). The van der Waals surface area contributed by atoms with Gasteiger partial charge in [0.1, 0.15) is 0 Å². The molecule has 0 aromatic heterocycles. The highest BCUT2D eigenvalue weighted by molar-refractivity contribution is 5.01. The van der Waals surface area contributed by atoms with Crippen LogP contribution in [0.25, 0.3) is 0 Å². The normalized spacial score (nSPS) is 52.9. The lowest BCUT2D eigenvalue weighted by atomic mass is 10.0. The van der Waals surface area contributed by atoms with Gasteiger partial charge in [0, 0.05) is 12.1 Å². The highest BCUT2D eigenvalue weighted by Crippen LogP contribution is 2.38. The van der Waals surface area contributed by atoms with Crippen molar-refractivity contribution in [3.05, 3.63) is 0 Å². The molecule has 0 spiro atoms. The molecule has 1 aliphatic carbocycles. The summed E-state index contributed by atoms with van der Waals surface area (Å²) in [7, 11) is 2.25. The minimum Gasteiger partial charge on any atom is -0.297 e. The van der Waals surface area contributed by atoms with Gasteiger partial charge in [-0.1, -0.05) is 12.8 Å². The molecule has 1 aliphatic heterocycles. The molecule has 1 saturated heterocycles. The first-order chi connectivity index (χ1) is 3.89. The Hall–Kier alpha value is -0.0400.